The van der Waals surface area contributed by atoms with Gasteiger partial charge in [-0.05, 0) is 36.6 Å². The third-order valence-corrected chi connectivity index (χ3v) is 4.16. The van der Waals surface area contributed by atoms with Gasteiger partial charge in [0.05, 0.1) is 0 Å². The van der Waals surface area contributed by atoms with Crippen LogP contribution in [0.25, 0.3) is 0 Å². The molecule has 0 radical (unpaired) electrons. The van der Waals surface area contributed by atoms with Crippen LogP contribution in [0.3, 0.4) is 0 Å². The fourth-order valence-corrected chi connectivity index (χ4v) is 2.74. The van der Waals surface area contributed by atoms with Gasteiger partial charge in [-0.15, -0.1) is 0 Å². The Bertz CT molecular complexity index is 649. The van der Waals surface area contributed by atoms with Crippen LogP contribution < -0.4 is 10.5 Å². The van der Waals surface area contributed by atoms with E-state index >= 15 is 0 Å². The van der Waals surface area contributed by atoms with E-state index in [-0.39, 0.29) is 11.9 Å². The number of likely N-dealkylation sites (tertiary alicyclic amines) is 1. The second kappa shape index (κ2) is 7.29. The number of ether oxygens (including phenoxy) is 1. The van der Waals surface area contributed by atoms with Gasteiger partial charge in [-0.25, -0.2) is 0 Å². The predicted octanol–water partition coefficient (Wildman–Crippen LogP) is 2.83. The second-order valence-corrected chi connectivity index (χ2v) is 5.93. The summed E-state index contributed by atoms with van der Waals surface area (Å²) < 4.78 is 5.80. The topological polar surface area (TPSA) is 55.6 Å². The lowest BCUT2D eigenvalue weighted by atomic mass is 10.0. The average molecular weight is 310 g/mol. The molecule has 0 atom stereocenters. The molecule has 1 heterocycles. The highest BCUT2D eigenvalue weighted by molar-refractivity contribution is 5.94. The summed E-state index contributed by atoms with van der Waals surface area (Å²) in [6.07, 6.45) is 1.74. The molecular formula is C19H22N2O2. The quantitative estimate of drug-likeness (QED) is 0.945. The number of carbonyl (C=O) groups excluding carboxylic acids is 1. The van der Waals surface area contributed by atoms with Crippen molar-refractivity contribution in [3.05, 3.63) is 65.7 Å². The molecule has 4 nitrogen and oxygen atoms in total. The molecule has 2 N–H and O–H groups in total. The third kappa shape index (κ3) is 4.11. The van der Waals surface area contributed by atoms with E-state index in [4.69, 9.17) is 10.5 Å². The van der Waals surface area contributed by atoms with Crippen LogP contribution >= 0.6 is 0 Å². The van der Waals surface area contributed by atoms with Gasteiger partial charge >= 0.3 is 0 Å². The minimum atomic E-state index is 0.0575. The number of benzene rings is 2. The van der Waals surface area contributed by atoms with Gasteiger partial charge < -0.3 is 15.4 Å². The zero-order chi connectivity index (χ0) is 16.1. The number of piperidine rings is 1. The molecule has 0 saturated carbocycles. The molecule has 2 aromatic carbocycles. The molecule has 0 unspecified atom stereocenters. The van der Waals surface area contributed by atoms with Crippen molar-refractivity contribution in [2.45, 2.75) is 25.5 Å². The van der Waals surface area contributed by atoms with Gasteiger partial charge in [0.15, 0.2) is 0 Å². The van der Waals surface area contributed by atoms with E-state index in [1.165, 1.54) is 0 Å². The first-order chi connectivity index (χ1) is 11.2. The summed E-state index contributed by atoms with van der Waals surface area (Å²) in [6, 6.07) is 17.6. The molecule has 1 aliphatic heterocycles. The summed E-state index contributed by atoms with van der Waals surface area (Å²) >= 11 is 0. The number of hydrogen-bond acceptors (Lipinski definition) is 3. The van der Waals surface area contributed by atoms with Crippen LogP contribution in [0.5, 0.6) is 5.75 Å². The van der Waals surface area contributed by atoms with Crippen LogP contribution in [0.1, 0.15) is 28.8 Å². The maximum absolute atomic E-state index is 12.6. The van der Waals surface area contributed by atoms with E-state index in [9.17, 15) is 4.79 Å². The Morgan fingerprint density at radius 3 is 2.57 bits per heavy atom. The van der Waals surface area contributed by atoms with Gasteiger partial charge in [0.25, 0.3) is 5.91 Å². The molecular weight excluding hydrogens is 288 g/mol. The SMILES string of the molecule is NC1CCN(C(=O)c2cccc(OCc3ccccc3)c2)CC1. The summed E-state index contributed by atoms with van der Waals surface area (Å²) in [5, 5.41) is 0. The number of rotatable bonds is 4. The van der Waals surface area contributed by atoms with E-state index in [1.54, 1.807) is 0 Å². The molecule has 1 saturated heterocycles. The predicted molar refractivity (Wildman–Crippen MR) is 90.3 cm³/mol. The van der Waals surface area contributed by atoms with Gasteiger partial charge in [0.2, 0.25) is 0 Å². The molecule has 1 fully saturated rings. The van der Waals surface area contributed by atoms with Gasteiger partial charge in [-0.2, -0.15) is 0 Å². The Labute approximate surface area is 136 Å². The van der Waals surface area contributed by atoms with Crippen molar-refractivity contribution in [2.24, 2.45) is 5.73 Å². The molecule has 1 amide bonds. The van der Waals surface area contributed by atoms with E-state index in [2.05, 4.69) is 0 Å². The minimum Gasteiger partial charge on any atom is -0.489 e. The van der Waals surface area contributed by atoms with Crippen molar-refractivity contribution in [3.63, 3.8) is 0 Å². The highest BCUT2D eigenvalue weighted by Gasteiger charge is 2.21. The van der Waals surface area contributed by atoms with Crippen molar-refractivity contribution in [2.75, 3.05) is 13.1 Å². The first-order valence-electron chi connectivity index (χ1n) is 8.04. The summed E-state index contributed by atoms with van der Waals surface area (Å²) in [7, 11) is 0. The molecule has 2 aromatic rings. The molecule has 1 aliphatic rings. The lowest BCUT2D eigenvalue weighted by Crippen LogP contribution is -2.42. The third-order valence-electron chi connectivity index (χ3n) is 4.16. The van der Waals surface area contributed by atoms with Crippen LogP contribution in [0.2, 0.25) is 0 Å². The Balaban J connectivity index is 1.64. The van der Waals surface area contributed by atoms with Crippen molar-refractivity contribution in [1.82, 2.24) is 4.90 Å². The van der Waals surface area contributed by atoms with Crippen LogP contribution in [0.15, 0.2) is 54.6 Å². The van der Waals surface area contributed by atoms with Gasteiger partial charge in [0, 0.05) is 24.7 Å². The molecule has 23 heavy (non-hydrogen) atoms. The fourth-order valence-electron chi connectivity index (χ4n) is 2.74. The fraction of sp³-hybridized carbons (Fsp3) is 0.316. The molecule has 0 aromatic heterocycles. The maximum atomic E-state index is 12.6. The van der Waals surface area contributed by atoms with E-state index in [0.717, 1.165) is 31.5 Å². The summed E-state index contributed by atoms with van der Waals surface area (Å²) in [4.78, 5) is 14.4. The molecule has 0 spiro atoms. The van der Waals surface area contributed by atoms with Crippen LogP contribution in [-0.2, 0) is 6.61 Å². The smallest absolute Gasteiger partial charge is 0.253 e. The number of nitrogens with two attached hydrogens (primary N) is 1. The van der Waals surface area contributed by atoms with Crippen LogP contribution in [0, 0.1) is 0 Å². The van der Waals surface area contributed by atoms with Crippen LogP contribution in [-0.4, -0.2) is 29.9 Å². The lowest BCUT2D eigenvalue weighted by Gasteiger charge is -2.30. The van der Waals surface area contributed by atoms with E-state index in [1.807, 2.05) is 59.5 Å². The normalized spacial score (nSPS) is 15.4. The van der Waals surface area contributed by atoms with Crippen molar-refractivity contribution in [3.8, 4) is 5.75 Å². The second-order valence-electron chi connectivity index (χ2n) is 5.93. The molecule has 0 aliphatic carbocycles. The van der Waals surface area contributed by atoms with Gasteiger partial charge in [0.1, 0.15) is 12.4 Å². The Morgan fingerprint density at radius 2 is 1.83 bits per heavy atom. The summed E-state index contributed by atoms with van der Waals surface area (Å²) in [5.41, 5.74) is 7.67. The van der Waals surface area contributed by atoms with Gasteiger partial charge in [-0.1, -0.05) is 36.4 Å². The zero-order valence-electron chi connectivity index (χ0n) is 13.2. The van der Waals surface area contributed by atoms with E-state index < -0.39 is 0 Å². The van der Waals surface area contributed by atoms with Crippen molar-refractivity contribution >= 4 is 5.91 Å². The number of hydrogen-bond donors (Lipinski definition) is 1. The monoisotopic (exact) mass is 310 g/mol. The standard InChI is InChI=1S/C19H22N2O2/c20-17-9-11-21(12-10-17)19(22)16-7-4-8-18(13-16)23-14-15-5-2-1-3-6-15/h1-8,13,17H,9-12,14,20H2. The Morgan fingerprint density at radius 1 is 1.09 bits per heavy atom. The molecule has 3 rings (SSSR count). The first kappa shape index (κ1) is 15.6. The van der Waals surface area contributed by atoms with E-state index in [0.29, 0.717) is 17.9 Å². The van der Waals surface area contributed by atoms with Crippen molar-refractivity contribution < 1.29 is 9.53 Å². The highest BCUT2D eigenvalue weighted by atomic mass is 16.5. The van der Waals surface area contributed by atoms with Gasteiger partial charge in [-0.3, -0.25) is 4.79 Å². The average Bonchev–Trinajstić information content (AvgIpc) is 2.61. The van der Waals surface area contributed by atoms with Crippen molar-refractivity contribution in [1.29, 1.82) is 0 Å². The largest absolute Gasteiger partial charge is 0.489 e. The summed E-state index contributed by atoms with van der Waals surface area (Å²) in [6.45, 7) is 1.96. The number of carbonyl (C=O) groups is 1. The number of nitrogens with zero attached hydrogens (tertiary/aromatic N) is 1. The Kier molecular flexibility index (Phi) is 4.93. The first-order valence-corrected chi connectivity index (χ1v) is 8.04. The van der Waals surface area contributed by atoms with Crippen LogP contribution in [0.4, 0.5) is 0 Å². The zero-order valence-corrected chi connectivity index (χ0v) is 13.2. The highest BCUT2D eigenvalue weighted by Crippen LogP contribution is 2.18. The number of amides is 1. The minimum absolute atomic E-state index is 0.0575. The molecule has 0 bridgehead atoms. The maximum Gasteiger partial charge on any atom is 0.253 e. The molecule has 120 valence electrons. The molecule has 4 heteroatoms. The lowest BCUT2D eigenvalue weighted by molar-refractivity contribution is 0.0714. The summed E-state index contributed by atoms with van der Waals surface area (Å²) in [5.74, 6) is 0.774. The Hall–Kier alpha value is -2.33.